The number of amides is 2. The van der Waals surface area contributed by atoms with Crippen molar-refractivity contribution in [2.75, 3.05) is 0 Å². The molecule has 1 aromatic heterocycles. The number of H-pyrrole nitrogens is 1. The highest BCUT2D eigenvalue weighted by molar-refractivity contribution is 5.95. The summed E-state index contributed by atoms with van der Waals surface area (Å²) in [5.41, 5.74) is 10.4. The summed E-state index contributed by atoms with van der Waals surface area (Å²) in [5, 5.41) is 0. The average molecular weight is 649 g/mol. The van der Waals surface area contributed by atoms with Gasteiger partial charge in [0.25, 0.3) is 5.91 Å². The van der Waals surface area contributed by atoms with Crippen LogP contribution < -0.4 is 10.9 Å². The van der Waals surface area contributed by atoms with Crippen LogP contribution >= 0.6 is 0 Å². The summed E-state index contributed by atoms with van der Waals surface area (Å²) < 4.78 is 0. The van der Waals surface area contributed by atoms with Gasteiger partial charge in [0.05, 0.1) is 11.4 Å². The average Bonchev–Trinajstić information content (AvgIpc) is 3.58. The number of aromatic nitrogens is 2. The van der Waals surface area contributed by atoms with E-state index >= 15 is 0 Å². The molecule has 0 radical (unpaired) electrons. The first kappa shape index (κ1) is 36.6. The van der Waals surface area contributed by atoms with E-state index in [0.717, 1.165) is 46.7 Å². The van der Waals surface area contributed by atoms with Crippen LogP contribution in [0.25, 0.3) is 33.9 Å². The highest BCUT2D eigenvalue weighted by atomic mass is 16.2. The highest BCUT2D eigenvalue weighted by Crippen LogP contribution is 2.33. The summed E-state index contributed by atoms with van der Waals surface area (Å²) in [6.07, 6.45) is 22.7. The number of unbranched alkanes of at least 4 members (excludes halogenated alkanes) is 16. The third kappa shape index (κ3) is 12.8. The third-order valence-electron chi connectivity index (χ3n) is 9.06. The lowest BCUT2D eigenvalue weighted by Crippen LogP contribution is -2.41. The molecule has 0 atom stereocenters. The van der Waals surface area contributed by atoms with Gasteiger partial charge in [0.15, 0.2) is 0 Å². The largest absolute Gasteiger partial charge is 0.337 e. The minimum Gasteiger partial charge on any atom is -0.337 e. The number of rotatable bonds is 22. The summed E-state index contributed by atoms with van der Waals surface area (Å²) in [6, 6.07) is 27.5. The first-order chi connectivity index (χ1) is 23.7. The Hall–Kier alpha value is -4.19. The summed E-state index contributed by atoms with van der Waals surface area (Å²) in [6.45, 7) is 2.28. The van der Waals surface area contributed by atoms with E-state index in [0.29, 0.717) is 12.0 Å². The first-order valence-electron chi connectivity index (χ1n) is 18.6. The zero-order valence-corrected chi connectivity index (χ0v) is 29.1. The normalized spacial score (nSPS) is 11.0. The van der Waals surface area contributed by atoms with Crippen molar-refractivity contribution in [3.63, 3.8) is 0 Å². The van der Waals surface area contributed by atoms with Gasteiger partial charge in [-0.25, -0.2) is 4.98 Å². The van der Waals surface area contributed by atoms with Gasteiger partial charge in [-0.1, -0.05) is 182 Å². The maximum absolute atomic E-state index is 12.7. The Kier molecular flexibility index (Phi) is 16.5. The topological polar surface area (TPSA) is 86.9 Å². The third-order valence-corrected chi connectivity index (χ3v) is 9.06. The number of carbonyl (C=O) groups is 2. The van der Waals surface area contributed by atoms with Gasteiger partial charge in [0.1, 0.15) is 5.82 Å². The van der Waals surface area contributed by atoms with Crippen LogP contribution in [0.4, 0.5) is 0 Å². The molecule has 48 heavy (non-hydrogen) atoms. The predicted octanol–water partition coefficient (Wildman–Crippen LogP) is 11.2. The molecule has 0 bridgehead atoms. The molecule has 256 valence electrons. The molecular weight excluding hydrogens is 592 g/mol. The van der Waals surface area contributed by atoms with Crippen LogP contribution in [0.15, 0.2) is 84.9 Å². The quantitative estimate of drug-likeness (QED) is 0.0585. The summed E-state index contributed by atoms with van der Waals surface area (Å²) in [4.78, 5) is 33.4. The molecule has 3 N–H and O–H groups in total. The molecule has 0 aliphatic rings. The molecule has 0 saturated carbocycles. The second-order valence-corrected chi connectivity index (χ2v) is 13.0. The van der Waals surface area contributed by atoms with Crippen LogP contribution in [-0.2, 0) is 4.79 Å². The van der Waals surface area contributed by atoms with E-state index in [2.05, 4.69) is 47.0 Å². The maximum atomic E-state index is 12.7. The first-order valence-corrected chi connectivity index (χ1v) is 18.6. The van der Waals surface area contributed by atoms with Crippen molar-refractivity contribution in [2.24, 2.45) is 0 Å². The van der Waals surface area contributed by atoms with Crippen molar-refractivity contribution in [2.45, 2.75) is 122 Å². The van der Waals surface area contributed by atoms with Gasteiger partial charge < -0.3 is 4.98 Å². The fourth-order valence-corrected chi connectivity index (χ4v) is 6.18. The van der Waals surface area contributed by atoms with Crippen molar-refractivity contribution in [3.05, 3.63) is 90.5 Å². The van der Waals surface area contributed by atoms with Gasteiger partial charge in [0.2, 0.25) is 5.91 Å². The van der Waals surface area contributed by atoms with Crippen LogP contribution in [0.5, 0.6) is 0 Å². The molecule has 0 saturated heterocycles. The molecule has 0 aliphatic carbocycles. The number of nitrogens with zero attached hydrogens (tertiary/aromatic N) is 1. The van der Waals surface area contributed by atoms with Crippen molar-refractivity contribution < 1.29 is 9.59 Å². The van der Waals surface area contributed by atoms with E-state index in [-0.39, 0.29) is 11.8 Å². The van der Waals surface area contributed by atoms with E-state index < -0.39 is 0 Å². The van der Waals surface area contributed by atoms with Gasteiger partial charge in [-0.05, 0) is 18.6 Å². The number of hydrazine groups is 1. The highest BCUT2D eigenvalue weighted by Gasteiger charge is 2.16. The Labute approximate surface area is 288 Å². The predicted molar refractivity (Wildman–Crippen MR) is 199 cm³/mol. The molecule has 3 aromatic carbocycles. The van der Waals surface area contributed by atoms with Crippen LogP contribution in [0.3, 0.4) is 0 Å². The zero-order chi connectivity index (χ0) is 33.7. The summed E-state index contributed by atoms with van der Waals surface area (Å²) in [7, 11) is 0. The molecule has 6 heteroatoms. The summed E-state index contributed by atoms with van der Waals surface area (Å²) >= 11 is 0. The van der Waals surface area contributed by atoms with Crippen LogP contribution in [0, 0.1) is 0 Å². The second-order valence-electron chi connectivity index (χ2n) is 13.0. The zero-order valence-electron chi connectivity index (χ0n) is 29.1. The summed E-state index contributed by atoms with van der Waals surface area (Å²) in [5.74, 6) is 0.229. The van der Waals surface area contributed by atoms with Crippen molar-refractivity contribution in [1.82, 2.24) is 20.8 Å². The molecule has 0 aliphatic heterocycles. The Balaban J connectivity index is 1.08. The van der Waals surface area contributed by atoms with E-state index in [9.17, 15) is 9.59 Å². The molecule has 6 nitrogen and oxygen atoms in total. The Morgan fingerprint density at radius 1 is 0.542 bits per heavy atom. The standard InChI is InChI=1S/C42H56N4O2/c1-2-3-4-5-6-7-8-9-10-11-12-13-14-15-16-17-24-29-38(47)45-46-42(48)37-32-30-36(31-33-37)41-43-39(34-25-20-18-21-26-34)40(44-41)35-27-22-19-23-28-35/h18-23,25-28,30-33H,2-17,24,29H2,1H3,(H,43,44)(H,45,47)(H,46,48). The van der Waals surface area contributed by atoms with Crippen LogP contribution in [0.1, 0.15) is 133 Å². The minimum atomic E-state index is -0.341. The van der Waals surface area contributed by atoms with Gasteiger partial charge >= 0.3 is 0 Å². The number of hydrogen-bond donors (Lipinski definition) is 3. The fourth-order valence-electron chi connectivity index (χ4n) is 6.18. The number of nitrogens with one attached hydrogen (secondary N) is 3. The van der Waals surface area contributed by atoms with Crippen molar-refractivity contribution in [3.8, 4) is 33.9 Å². The molecule has 2 amide bonds. The SMILES string of the molecule is CCCCCCCCCCCCCCCCCCCC(=O)NNC(=O)c1ccc(-c2nc(-c3ccccc3)c(-c3ccccc3)[nH]2)cc1. The smallest absolute Gasteiger partial charge is 0.269 e. The lowest BCUT2D eigenvalue weighted by molar-refractivity contribution is -0.122. The number of benzene rings is 3. The van der Waals surface area contributed by atoms with Crippen molar-refractivity contribution in [1.29, 1.82) is 0 Å². The lowest BCUT2D eigenvalue weighted by Gasteiger charge is -2.08. The Morgan fingerprint density at radius 3 is 1.54 bits per heavy atom. The number of carbonyl (C=O) groups excluding carboxylic acids is 2. The van der Waals surface area contributed by atoms with Gasteiger partial charge in [0, 0.05) is 28.7 Å². The lowest BCUT2D eigenvalue weighted by atomic mass is 10.0. The molecule has 4 aromatic rings. The maximum Gasteiger partial charge on any atom is 0.269 e. The molecular formula is C42H56N4O2. The van der Waals surface area contributed by atoms with E-state index in [1.54, 1.807) is 12.1 Å². The fraction of sp³-hybridized carbons (Fsp3) is 0.452. The second kappa shape index (κ2) is 21.6. The number of aromatic amines is 1. The minimum absolute atomic E-state index is 0.154. The van der Waals surface area contributed by atoms with E-state index in [1.807, 2.05) is 48.5 Å². The van der Waals surface area contributed by atoms with E-state index in [1.165, 1.54) is 96.3 Å². The Bertz CT molecular complexity index is 1410. The van der Waals surface area contributed by atoms with Gasteiger partial charge in [-0.3, -0.25) is 20.4 Å². The molecule has 1 heterocycles. The molecule has 0 unspecified atom stereocenters. The van der Waals surface area contributed by atoms with E-state index in [4.69, 9.17) is 4.98 Å². The van der Waals surface area contributed by atoms with Gasteiger partial charge in [-0.15, -0.1) is 0 Å². The Morgan fingerprint density at radius 2 is 1.02 bits per heavy atom. The number of hydrogen-bond acceptors (Lipinski definition) is 3. The molecule has 4 rings (SSSR count). The van der Waals surface area contributed by atoms with Crippen LogP contribution in [0.2, 0.25) is 0 Å². The van der Waals surface area contributed by atoms with Crippen LogP contribution in [-0.4, -0.2) is 21.8 Å². The van der Waals surface area contributed by atoms with Crippen molar-refractivity contribution >= 4 is 11.8 Å². The molecule has 0 spiro atoms. The molecule has 0 fully saturated rings. The van der Waals surface area contributed by atoms with Gasteiger partial charge in [-0.2, -0.15) is 0 Å². The monoisotopic (exact) mass is 648 g/mol. The number of imidazole rings is 1.